The first-order valence-corrected chi connectivity index (χ1v) is 9.53. The number of phenolic OH excluding ortho intramolecular Hbond substituents is 1. The van der Waals surface area contributed by atoms with Crippen molar-refractivity contribution in [1.29, 1.82) is 0 Å². The highest BCUT2D eigenvalue weighted by Crippen LogP contribution is 2.35. The van der Waals surface area contributed by atoms with Crippen molar-refractivity contribution in [2.24, 2.45) is 0 Å². The van der Waals surface area contributed by atoms with E-state index in [1.807, 2.05) is 0 Å². The van der Waals surface area contributed by atoms with Crippen molar-refractivity contribution in [3.8, 4) is 5.75 Å². The maximum atomic E-state index is 14.8. The molecular formula is C22H19F3N2O5. The molecule has 1 amide bonds. The molecular weight excluding hydrogens is 429 g/mol. The highest BCUT2D eigenvalue weighted by atomic mass is 19.1. The molecule has 168 valence electrons. The molecule has 32 heavy (non-hydrogen) atoms. The number of benzene rings is 2. The second-order valence-corrected chi connectivity index (χ2v) is 7.37. The zero-order chi connectivity index (χ0) is 23.7. The molecule has 10 heteroatoms. The standard InChI is InChI=1S/C22H19F3N2O5/c1-10(6-18(29)30)26-17(28)8-14-11(2)27(22(32)12-4-3-5-13(23)7-12)16-9-15(24)21(31)20(25)19(14)16/h3-5,7,9-10,31H,6,8H2,1-2H3,(H,26,28)(H,29,30). The first-order chi connectivity index (χ1) is 15.0. The van der Waals surface area contributed by atoms with Crippen LogP contribution in [0.5, 0.6) is 5.75 Å². The number of fused-ring (bicyclic) bond motifs is 1. The lowest BCUT2D eigenvalue weighted by atomic mass is 10.1. The van der Waals surface area contributed by atoms with Crippen LogP contribution in [0.3, 0.4) is 0 Å². The Labute approximate surface area is 180 Å². The number of halogens is 3. The predicted molar refractivity (Wildman–Crippen MR) is 108 cm³/mol. The van der Waals surface area contributed by atoms with E-state index < -0.39 is 53.4 Å². The Balaban J connectivity index is 2.14. The number of aliphatic carboxylic acids is 1. The van der Waals surface area contributed by atoms with E-state index in [1.54, 1.807) is 0 Å². The zero-order valence-corrected chi connectivity index (χ0v) is 17.1. The highest BCUT2D eigenvalue weighted by molar-refractivity contribution is 6.05. The van der Waals surface area contributed by atoms with Gasteiger partial charge in [0.15, 0.2) is 17.4 Å². The number of carbonyl (C=O) groups excluding carboxylic acids is 2. The Morgan fingerprint density at radius 2 is 1.84 bits per heavy atom. The fourth-order valence-corrected chi connectivity index (χ4v) is 3.58. The zero-order valence-electron chi connectivity index (χ0n) is 17.1. The fraction of sp³-hybridized carbons (Fsp3) is 0.227. The third-order valence-electron chi connectivity index (χ3n) is 4.99. The monoisotopic (exact) mass is 448 g/mol. The molecule has 0 bridgehead atoms. The van der Waals surface area contributed by atoms with Crippen LogP contribution in [0.2, 0.25) is 0 Å². The first kappa shape index (κ1) is 22.9. The van der Waals surface area contributed by atoms with E-state index in [4.69, 9.17) is 5.11 Å². The SMILES string of the molecule is Cc1c(CC(=O)NC(C)CC(=O)O)c2c(F)c(O)c(F)cc2n1C(=O)c1cccc(F)c1. The van der Waals surface area contributed by atoms with Crippen molar-refractivity contribution in [3.63, 3.8) is 0 Å². The van der Waals surface area contributed by atoms with Crippen molar-refractivity contribution >= 4 is 28.7 Å². The fourth-order valence-electron chi connectivity index (χ4n) is 3.58. The number of carboxylic acid groups (broad SMARTS) is 1. The average Bonchev–Trinajstić information content (AvgIpc) is 2.96. The van der Waals surface area contributed by atoms with Crippen molar-refractivity contribution in [1.82, 2.24) is 9.88 Å². The average molecular weight is 448 g/mol. The number of hydrogen-bond acceptors (Lipinski definition) is 4. The number of aromatic nitrogens is 1. The second kappa shape index (κ2) is 8.74. The molecule has 0 radical (unpaired) electrons. The van der Waals surface area contributed by atoms with Crippen LogP contribution in [0.1, 0.15) is 35.0 Å². The van der Waals surface area contributed by atoms with Gasteiger partial charge >= 0.3 is 5.97 Å². The van der Waals surface area contributed by atoms with Gasteiger partial charge in [-0.2, -0.15) is 0 Å². The van der Waals surface area contributed by atoms with Gasteiger partial charge in [-0.15, -0.1) is 0 Å². The van der Waals surface area contributed by atoms with Gasteiger partial charge < -0.3 is 15.5 Å². The maximum absolute atomic E-state index is 14.8. The Bertz CT molecular complexity index is 1250. The van der Waals surface area contributed by atoms with Crippen molar-refractivity contribution < 1.29 is 37.8 Å². The summed E-state index contributed by atoms with van der Waals surface area (Å²) in [5.41, 5.74) is -0.257. The number of carbonyl (C=O) groups is 3. The molecule has 2 aromatic carbocycles. The van der Waals surface area contributed by atoms with Crippen LogP contribution in [-0.4, -0.2) is 38.6 Å². The summed E-state index contributed by atoms with van der Waals surface area (Å²) in [6.45, 7) is 2.87. The summed E-state index contributed by atoms with van der Waals surface area (Å²) in [6, 6.07) is 4.74. The van der Waals surface area contributed by atoms with Crippen LogP contribution in [0.4, 0.5) is 13.2 Å². The van der Waals surface area contributed by atoms with E-state index in [0.29, 0.717) is 0 Å². The third-order valence-corrected chi connectivity index (χ3v) is 4.99. The Morgan fingerprint density at radius 1 is 1.16 bits per heavy atom. The molecule has 0 saturated carbocycles. The molecule has 0 spiro atoms. The molecule has 0 saturated heterocycles. The lowest BCUT2D eigenvalue weighted by molar-refractivity contribution is -0.137. The molecule has 3 N–H and O–H groups in total. The summed E-state index contributed by atoms with van der Waals surface area (Å²) in [5, 5.41) is 20.7. The number of rotatable bonds is 6. The molecule has 3 aromatic rings. The number of nitrogens with one attached hydrogen (secondary N) is 1. The number of aromatic hydroxyl groups is 1. The summed E-state index contributed by atoms with van der Waals surface area (Å²) in [5.74, 6) is -7.20. The Morgan fingerprint density at radius 3 is 2.47 bits per heavy atom. The van der Waals surface area contributed by atoms with Gasteiger partial charge in [-0.3, -0.25) is 19.0 Å². The van der Waals surface area contributed by atoms with E-state index in [-0.39, 0.29) is 34.1 Å². The minimum absolute atomic E-state index is 0.00224. The molecule has 7 nitrogen and oxygen atoms in total. The molecule has 1 unspecified atom stereocenters. The van der Waals surface area contributed by atoms with Gasteiger partial charge in [0.2, 0.25) is 5.91 Å². The largest absolute Gasteiger partial charge is 0.503 e. The molecule has 1 aromatic heterocycles. The van der Waals surface area contributed by atoms with E-state index in [1.165, 1.54) is 26.0 Å². The number of nitrogens with zero attached hydrogens (tertiary/aromatic N) is 1. The van der Waals surface area contributed by atoms with E-state index in [0.717, 1.165) is 22.8 Å². The minimum atomic E-state index is -1.35. The lowest BCUT2D eigenvalue weighted by Crippen LogP contribution is -2.35. The molecule has 0 aliphatic rings. The number of phenols is 1. The topological polar surface area (TPSA) is 109 Å². The maximum Gasteiger partial charge on any atom is 0.305 e. The van der Waals surface area contributed by atoms with Gasteiger partial charge in [0.25, 0.3) is 5.91 Å². The quantitative estimate of drug-likeness (QED) is 0.536. The van der Waals surface area contributed by atoms with Crippen molar-refractivity contribution in [2.75, 3.05) is 0 Å². The molecule has 0 aliphatic carbocycles. The molecule has 1 heterocycles. The van der Waals surface area contributed by atoms with Crippen LogP contribution in [0, 0.1) is 24.4 Å². The van der Waals surface area contributed by atoms with Crippen LogP contribution < -0.4 is 5.32 Å². The molecule has 0 aliphatic heterocycles. The third kappa shape index (κ3) is 4.29. The van der Waals surface area contributed by atoms with E-state index in [2.05, 4.69) is 5.32 Å². The van der Waals surface area contributed by atoms with Crippen molar-refractivity contribution in [3.05, 3.63) is 64.6 Å². The Hall–Kier alpha value is -3.82. The minimum Gasteiger partial charge on any atom is -0.503 e. The summed E-state index contributed by atoms with van der Waals surface area (Å²) >= 11 is 0. The van der Waals surface area contributed by atoms with Gasteiger partial charge in [-0.25, -0.2) is 13.2 Å². The summed E-state index contributed by atoms with van der Waals surface area (Å²) in [4.78, 5) is 36.3. The van der Waals surface area contributed by atoms with Crippen LogP contribution in [0.25, 0.3) is 10.9 Å². The predicted octanol–water partition coefficient (Wildman–Crippen LogP) is 3.28. The normalized spacial score (nSPS) is 12.0. The van der Waals surface area contributed by atoms with E-state index >= 15 is 0 Å². The summed E-state index contributed by atoms with van der Waals surface area (Å²) in [6.07, 6.45) is -0.817. The van der Waals surface area contributed by atoms with Gasteiger partial charge in [0.05, 0.1) is 18.4 Å². The number of amides is 1. The summed E-state index contributed by atoms with van der Waals surface area (Å²) in [7, 11) is 0. The highest BCUT2D eigenvalue weighted by Gasteiger charge is 2.27. The summed E-state index contributed by atoms with van der Waals surface area (Å²) < 4.78 is 43.5. The molecule has 3 rings (SSSR count). The van der Waals surface area contributed by atoms with Gasteiger partial charge in [0, 0.05) is 28.8 Å². The van der Waals surface area contributed by atoms with Crippen LogP contribution in [0.15, 0.2) is 30.3 Å². The number of hydrogen-bond donors (Lipinski definition) is 3. The Kier molecular flexibility index (Phi) is 6.24. The lowest BCUT2D eigenvalue weighted by Gasteiger charge is -2.12. The van der Waals surface area contributed by atoms with Gasteiger partial charge in [-0.05, 0) is 37.6 Å². The van der Waals surface area contributed by atoms with Gasteiger partial charge in [-0.1, -0.05) is 6.07 Å². The smallest absolute Gasteiger partial charge is 0.305 e. The van der Waals surface area contributed by atoms with Gasteiger partial charge in [0.1, 0.15) is 5.82 Å². The number of carboxylic acids is 1. The van der Waals surface area contributed by atoms with Crippen molar-refractivity contribution in [2.45, 2.75) is 32.7 Å². The molecule has 1 atom stereocenters. The van der Waals surface area contributed by atoms with E-state index in [9.17, 15) is 32.7 Å². The first-order valence-electron chi connectivity index (χ1n) is 9.53. The van der Waals surface area contributed by atoms with Crippen LogP contribution >= 0.6 is 0 Å². The molecule has 0 fully saturated rings. The van der Waals surface area contributed by atoms with Crippen LogP contribution in [-0.2, 0) is 16.0 Å². The second-order valence-electron chi connectivity index (χ2n) is 7.37.